The van der Waals surface area contributed by atoms with Gasteiger partial charge in [0.2, 0.25) is 0 Å². The second-order valence-electron chi connectivity index (χ2n) is 16.8. The first-order valence-corrected chi connectivity index (χ1v) is 22.0. The fourth-order valence-corrected chi connectivity index (χ4v) is 11.8. The molecule has 296 valence electrons. The summed E-state index contributed by atoms with van der Waals surface area (Å²) in [6.45, 7) is 8.93. The van der Waals surface area contributed by atoms with Crippen LogP contribution < -0.4 is 14.4 Å². The van der Waals surface area contributed by atoms with Gasteiger partial charge in [-0.3, -0.25) is 19.3 Å². The number of nitrogens with one attached hydrogen (secondary N) is 1. The maximum atomic E-state index is 13.7. The number of nitrogens with zero attached hydrogens (tertiary/aromatic N) is 3. The van der Waals surface area contributed by atoms with E-state index in [4.69, 9.17) is 16.3 Å². The third kappa shape index (κ3) is 8.44. The van der Waals surface area contributed by atoms with Crippen LogP contribution in [0.5, 0.6) is 5.75 Å². The van der Waals surface area contributed by atoms with Crippen molar-refractivity contribution >= 4 is 34.2 Å². The molecule has 4 heterocycles. The van der Waals surface area contributed by atoms with Crippen LogP contribution in [0.25, 0.3) is 0 Å². The number of piperidine rings is 1. The standard InChI is InChI=1S/C41H55ClN4O4S.C2H6O/c1-28-6-4-9-36(45-20-19-44-18-3-2-8-33(44)25-45)34-13-10-31(34)24-46-26-41(17-5-7-29-22-32(42)12-14-35(29)41)27-50-38-15-11-30(23-37(38)46)40(48)43-51(49)39(28)16-21-47;1-3-2/h4,9,11-12,14-15,22-23,28,31,33-34,36,39,47H,2-3,5-8,10,13,16-21,24-27H2,1H3,(H,43,48);1-2H3/b9-4+;. The van der Waals surface area contributed by atoms with Gasteiger partial charge in [-0.05, 0) is 124 Å². The minimum atomic E-state index is -1.65. The molecule has 2 aromatic carbocycles. The smallest absolute Gasteiger partial charge is 0.263 e. The number of amides is 1. The lowest BCUT2D eigenvalue weighted by atomic mass is 9.67. The number of ether oxygens (including phenoxy) is 2. The number of fused-ring (bicyclic) bond motifs is 5. The summed E-state index contributed by atoms with van der Waals surface area (Å²) in [6, 6.07) is 13.1. The number of benzene rings is 2. The van der Waals surface area contributed by atoms with Crippen LogP contribution >= 0.6 is 11.6 Å². The van der Waals surface area contributed by atoms with Crippen LogP contribution in [0.15, 0.2) is 48.6 Å². The molecule has 8 rings (SSSR count). The van der Waals surface area contributed by atoms with Crippen LogP contribution in [0.3, 0.4) is 0 Å². The molecule has 0 radical (unpaired) electrons. The number of hydrogen-bond acceptors (Lipinski definition) is 8. The first kappa shape index (κ1) is 39.8. The van der Waals surface area contributed by atoms with Gasteiger partial charge in [-0.15, -0.1) is 0 Å². The van der Waals surface area contributed by atoms with Crippen molar-refractivity contribution in [1.82, 2.24) is 14.5 Å². The zero-order valence-corrected chi connectivity index (χ0v) is 34.1. The number of carbonyl (C=O) groups is 1. The monoisotopic (exact) mass is 780 g/mol. The summed E-state index contributed by atoms with van der Waals surface area (Å²) in [5, 5.41) is 10.4. The molecule has 2 saturated heterocycles. The van der Waals surface area contributed by atoms with Crippen molar-refractivity contribution in [3.05, 3.63) is 70.3 Å². The Balaban J connectivity index is 0.00000145. The van der Waals surface area contributed by atoms with Gasteiger partial charge in [0, 0.05) is 81.6 Å². The van der Waals surface area contributed by atoms with E-state index in [9.17, 15) is 14.1 Å². The molecule has 8 unspecified atom stereocenters. The highest BCUT2D eigenvalue weighted by Crippen LogP contribution is 2.47. The molecular weight excluding hydrogens is 720 g/mol. The Hall–Kier alpha value is -2.47. The van der Waals surface area contributed by atoms with Gasteiger partial charge in [-0.2, -0.15) is 0 Å². The van der Waals surface area contributed by atoms with Gasteiger partial charge in [-0.25, -0.2) is 4.21 Å². The van der Waals surface area contributed by atoms with Gasteiger partial charge >= 0.3 is 0 Å². The quantitative estimate of drug-likeness (QED) is 0.347. The average Bonchev–Trinajstić information content (AvgIpc) is 3.31. The van der Waals surface area contributed by atoms with E-state index in [1.807, 2.05) is 18.2 Å². The summed E-state index contributed by atoms with van der Waals surface area (Å²) in [4.78, 5) is 21.8. The van der Waals surface area contributed by atoms with Crippen LogP contribution in [-0.2, 0) is 27.6 Å². The van der Waals surface area contributed by atoms with Crippen LogP contribution in [0, 0.1) is 17.8 Å². The Kier molecular flexibility index (Phi) is 13.1. The van der Waals surface area contributed by atoms with Gasteiger partial charge in [-0.1, -0.05) is 43.2 Å². The molecule has 3 fully saturated rings. The van der Waals surface area contributed by atoms with E-state index in [1.165, 1.54) is 49.8 Å². The molecule has 1 amide bonds. The molecule has 9 nitrogen and oxygen atoms in total. The highest BCUT2D eigenvalue weighted by Gasteiger charge is 2.46. The van der Waals surface area contributed by atoms with Crippen LogP contribution in [0.4, 0.5) is 5.69 Å². The number of aliphatic hydroxyl groups excluding tert-OH is 1. The van der Waals surface area contributed by atoms with Gasteiger partial charge < -0.3 is 19.5 Å². The maximum Gasteiger partial charge on any atom is 0.263 e. The summed E-state index contributed by atoms with van der Waals surface area (Å²) in [5.74, 6) is 1.54. The van der Waals surface area contributed by atoms with E-state index in [1.54, 1.807) is 20.3 Å². The van der Waals surface area contributed by atoms with E-state index < -0.39 is 11.0 Å². The molecular formula is C43H61ClN4O5S. The predicted molar refractivity (Wildman–Crippen MR) is 218 cm³/mol. The van der Waals surface area contributed by atoms with Gasteiger partial charge in [0.25, 0.3) is 5.91 Å². The summed E-state index contributed by atoms with van der Waals surface area (Å²) in [7, 11) is 1.60. The van der Waals surface area contributed by atoms with E-state index in [-0.39, 0.29) is 29.1 Å². The third-order valence-electron chi connectivity index (χ3n) is 13.3. The SMILES string of the molecule is CC1C/C=C/C(N2CCN3CCCCC3C2)C2CCC2CN2CC3(CCCc4cc(Cl)ccc43)COc3ccc(cc32)C(=O)NS(=O)C1CCO.COC. The lowest BCUT2D eigenvalue weighted by Gasteiger charge is -2.52. The largest absolute Gasteiger partial charge is 0.490 e. The van der Waals surface area contributed by atoms with Gasteiger partial charge in [0.05, 0.1) is 17.5 Å². The summed E-state index contributed by atoms with van der Waals surface area (Å²) in [5.41, 5.74) is 3.91. The van der Waals surface area contributed by atoms with Gasteiger partial charge in [0.15, 0.2) is 0 Å². The Labute approximate surface area is 330 Å². The van der Waals surface area contributed by atoms with E-state index >= 15 is 0 Å². The molecule has 0 aromatic heterocycles. The number of anilines is 1. The molecule has 2 aliphatic carbocycles. The number of methoxy groups -OCH3 is 1. The van der Waals surface area contributed by atoms with Crippen LogP contribution in [0.1, 0.15) is 86.2 Å². The van der Waals surface area contributed by atoms with Crippen molar-refractivity contribution in [2.24, 2.45) is 17.8 Å². The Morgan fingerprint density at radius 3 is 2.67 bits per heavy atom. The number of aryl methyl sites for hydroxylation is 1. The fraction of sp³-hybridized carbons (Fsp3) is 0.651. The Morgan fingerprint density at radius 2 is 1.87 bits per heavy atom. The molecule has 54 heavy (non-hydrogen) atoms. The van der Waals surface area contributed by atoms with Crippen molar-refractivity contribution < 1.29 is 23.6 Å². The lowest BCUT2D eigenvalue weighted by Crippen LogP contribution is -2.60. The predicted octanol–water partition coefficient (Wildman–Crippen LogP) is 6.38. The van der Waals surface area contributed by atoms with Crippen molar-refractivity contribution in [2.45, 2.75) is 93.9 Å². The second-order valence-corrected chi connectivity index (χ2v) is 18.6. The summed E-state index contributed by atoms with van der Waals surface area (Å²) < 4.78 is 27.6. The molecule has 2 bridgehead atoms. The van der Waals surface area contributed by atoms with E-state index in [0.717, 1.165) is 74.9 Å². The Bertz CT molecular complexity index is 1680. The zero-order valence-electron chi connectivity index (χ0n) is 32.5. The maximum absolute atomic E-state index is 13.7. The summed E-state index contributed by atoms with van der Waals surface area (Å²) in [6.07, 6.45) is 15.4. The van der Waals surface area contributed by atoms with Crippen molar-refractivity contribution in [3.8, 4) is 5.75 Å². The van der Waals surface area contributed by atoms with E-state index in [2.05, 4.69) is 55.4 Å². The molecule has 4 aliphatic heterocycles. The molecule has 6 aliphatic rings. The lowest BCUT2D eigenvalue weighted by molar-refractivity contribution is -0.00159. The average molecular weight is 782 g/mol. The Morgan fingerprint density at radius 1 is 1.04 bits per heavy atom. The zero-order chi connectivity index (χ0) is 37.8. The van der Waals surface area contributed by atoms with Crippen molar-refractivity contribution in [3.63, 3.8) is 0 Å². The highest BCUT2D eigenvalue weighted by atomic mass is 35.5. The van der Waals surface area contributed by atoms with Crippen molar-refractivity contribution in [2.75, 3.05) is 71.6 Å². The number of aliphatic hydroxyl groups is 1. The molecule has 2 N–H and O–H groups in total. The minimum Gasteiger partial charge on any atom is -0.490 e. The highest BCUT2D eigenvalue weighted by molar-refractivity contribution is 7.84. The molecule has 8 atom stereocenters. The number of rotatable bonds is 3. The first-order chi connectivity index (χ1) is 26.2. The fourth-order valence-electron chi connectivity index (χ4n) is 10.3. The van der Waals surface area contributed by atoms with Crippen molar-refractivity contribution in [1.29, 1.82) is 0 Å². The third-order valence-corrected chi connectivity index (χ3v) is 15.2. The van der Waals surface area contributed by atoms with Crippen LogP contribution in [0.2, 0.25) is 5.02 Å². The number of hydrogen-bond donors (Lipinski definition) is 2. The topological polar surface area (TPSA) is 94.6 Å². The normalized spacial score (nSPS) is 33.7. The summed E-state index contributed by atoms with van der Waals surface area (Å²) >= 11 is 6.51. The van der Waals surface area contributed by atoms with Crippen LogP contribution in [-0.4, -0.2) is 109 Å². The second kappa shape index (κ2) is 17.8. The molecule has 1 saturated carbocycles. The van der Waals surface area contributed by atoms with Gasteiger partial charge in [0.1, 0.15) is 16.7 Å². The van der Waals surface area contributed by atoms with E-state index in [0.29, 0.717) is 42.5 Å². The number of allylic oxidation sites excluding steroid dienone is 1. The number of halogens is 1. The molecule has 11 heteroatoms. The molecule has 2 aromatic rings. The number of carbonyl (C=O) groups excluding carboxylic acids is 1. The number of piperazine rings is 1. The first-order valence-electron chi connectivity index (χ1n) is 20.4. The molecule has 1 spiro atoms. The minimum absolute atomic E-state index is 0.0378.